The Hall–Kier alpha value is -1.06. The number of esters is 1. The average molecular weight is 229 g/mol. The van der Waals surface area contributed by atoms with Crippen LogP contribution in [-0.4, -0.2) is 25.5 Å². The van der Waals surface area contributed by atoms with Gasteiger partial charge in [-0.3, -0.25) is 9.59 Å². The van der Waals surface area contributed by atoms with Crippen molar-refractivity contribution in [3.05, 3.63) is 0 Å². The molecule has 94 valence electrons. The second-order valence-electron chi connectivity index (χ2n) is 5.52. The zero-order valence-electron chi connectivity index (χ0n) is 11.1. The van der Waals surface area contributed by atoms with Gasteiger partial charge >= 0.3 is 5.97 Å². The van der Waals surface area contributed by atoms with Crippen LogP contribution in [0.4, 0.5) is 0 Å². The first kappa shape index (κ1) is 14.9. The van der Waals surface area contributed by atoms with E-state index in [4.69, 9.17) is 0 Å². The summed E-state index contributed by atoms with van der Waals surface area (Å²) in [5.74, 6) is -1.50. The van der Waals surface area contributed by atoms with Crippen molar-refractivity contribution < 1.29 is 14.3 Å². The van der Waals surface area contributed by atoms with Crippen molar-refractivity contribution in [2.24, 2.45) is 17.3 Å². The number of ether oxygens (including phenoxy) is 1. The van der Waals surface area contributed by atoms with E-state index in [1.165, 1.54) is 7.11 Å². The largest absolute Gasteiger partial charge is 0.468 e. The maximum absolute atomic E-state index is 11.8. The van der Waals surface area contributed by atoms with E-state index in [1.807, 2.05) is 34.6 Å². The van der Waals surface area contributed by atoms with Crippen LogP contribution >= 0.6 is 0 Å². The zero-order chi connectivity index (χ0) is 12.9. The van der Waals surface area contributed by atoms with Gasteiger partial charge in [0.1, 0.15) is 5.92 Å². The molecule has 0 aromatic rings. The predicted molar refractivity (Wildman–Crippen MR) is 62.8 cm³/mol. The maximum atomic E-state index is 11.8. The van der Waals surface area contributed by atoms with E-state index in [1.54, 1.807) is 0 Å². The van der Waals surface area contributed by atoms with Gasteiger partial charge in [-0.25, -0.2) is 0 Å². The normalized spacial score (nSPS) is 13.4. The van der Waals surface area contributed by atoms with Crippen LogP contribution in [0.3, 0.4) is 0 Å². The fourth-order valence-corrected chi connectivity index (χ4v) is 1.27. The molecular formula is C12H23NO3. The second-order valence-corrected chi connectivity index (χ2v) is 5.52. The SMILES string of the molecule is COC(=O)C(C(=O)NCC(C)(C)C)C(C)C. The average Bonchev–Trinajstić information content (AvgIpc) is 2.13. The second kappa shape index (κ2) is 5.87. The molecule has 16 heavy (non-hydrogen) atoms. The lowest BCUT2D eigenvalue weighted by atomic mass is 9.93. The van der Waals surface area contributed by atoms with Crippen LogP contribution in [0, 0.1) is 17.3 Å². The van der Waals surface area contributed by atoms with Crippen molar-refractivity contribution in [2.75, 3.05) is 13.7 Å². The smallest absolute Gasteiger partial charge is 0.318 e. The van der Waals surface area contributed by atoms with Crippen molar-refractivity contribution in [2.45, 2.75) is 34.6 Å². The van der Waals surface area contributed by atoms with Crippen LogP contribution in [0.25, 0.3) is 0 Å². The number of methoxy groups -OCH3 is 1. The van der Waals surface area contributed by atoms with Gasteiger partial charge in [-0.2, -0.15) is 0 Å². The molecule has 4 heteroatoms. The molecule has 0 saturated heterocycles. The molecule has 0 rings (SSSR count). The molecule has 0 aromatic carbocycles. The topological polar surface area (TPSA) is 55.4 Å². The van der Waals surface area contributed by atoms with Crippen molar-refractivity contribution in [3.63, 3.8) is 0 Å². The van der Waals surface area contributed by atoms with Crippen molar-refractivity contribution in [3.8, 4) is 0 Å². The molecule has 1 unspecified atom stereocenters. The molecule has 1 amide bonds. The summed E-state index contributed by atoms with van der Waals surface area (Å²) in [6.45, 7) is 10.3. The summed E-state index contributed by atoms with van der Waals surface area (Å²) in [7, 11) is 1.30. The molecular weight excluding hydrogens is 206 g/mol. The Bertz CT molecular complexity index is 253. The van der Waals surface area contributed by atoms with Gasteiger partial charge in [-0.15, -0.1) is 0 Å². The molecule has 0 aliphatic carbocycles. The number of nitrogens with one attached hydrogen (secondary N) is 1. The molecule has 0 aliphatic heterocycles. The van der Waals surface area contributed by atoms with E-state index in [9.17, 15) is 9.59 Å². The van der Waals surface area contributed by atoms with E-state index in [0.717, 1.165) is 0 Å². The fraction of sp³-hybridized carbons (Fsp3) is 0.833. The van der Waals surface area contributed by atoms with Gasteiger partial charge in [0.05, 0.1) is 7.11 Å². The summed E-state index contributed by atoms with van der Waals surface area (Å²) in [6.07, 6.45) is 0. The number of rotatable bonds is 4. The summed E-state index contributed by atoms with van der Waals surface area (Å²) in [6, 6.07) is 0. The number of hydrogen-bond acceptors (Lipinski definition) is 3. The van der Waals surface area contributed by atoms with Gasteiger partial charge in [-0.05, 0) is 11.3 Å². The third-order valence-electron chi connectivity index (χ3n) is 2.20. The van der Waals surface area contributed by atoms with E-state index in [2.05, 4.69) is 10.1 Å². The third-order valence-corrected chi connectivity index (χ3v) is 2.20. The third kappa shape index (κ3) is 5.14. The summed E-state index contributed by atoms with van der Waals surface area (Å²) in [4.78, 5) is 23.3. The molecule has 4 nitrogen and oxygen atoms in total. The van der Waals surface area contributed by atoms with Crippen LogP contribution in [0.15, 0.2) is 0 Å². The van der Waals surface area contributed by atoms with Gasteiger partial charge in [0.2, 0.25) is 5.91 Å². The predicted octanol–water partition coefficient (Wildman–Crippen LogP) is 1.59. The van der Waals surface area contributed by atoms with Crippen molar-refractivity contribution in [1.82, 2.24) is 5.32 Å². The first-order valence-corrected chi connectivity index (χ1v) is 5.54. The van der Waals surface area contributed by atoms with E-state index >= 15 is 0 Å². The zero-order valence-corrected chi connectivity index (χ0v) is 11.1. The lowest BCUT2D eigenvalue weighted by Crippen LogP contribution is -2.42. The summed E-state index contributed by atoms with van der Waals surface area (Å²) in [5, 5.41) is 2.78. The first-order valence-electron chi connectivity index (χ1n) is 5.54. The highest BCUT2D eigenvalue weighted by atomic mass is 16.5. The Labute approximate surface area is 97.7 Å². The molecule has 0 spiro atoms. The van der Waals surface area contributed by atoms with E-state index in [-0.39, 0.29) is 17.2 Å². The Kier molecular flexibility index (Phi) is 5.48. The van der Waals surface area contributed by atoms with Crippen molar-refractivity contribution >= 4 is 11.9 Å². The first-order chi connectivity index (χ1) is 7.19. The van der Waals surface area contributed by atoms with Gasteiger partial charge in [0.25, 0.3) is 0 Å². The summed E-state index contributed by atoms with van der Waals surface area (Å²) >= 11 is 0. The molecule has 1 N–H and O–H groups in total. The van der Waals surface area contributed by atoms with Gasteiger partial charge < -0.3 is 10.1 Å². The molecule has 0 aliphatic rings. The highest BCUT2D eigenvalue weighted by Crippen LogP contribution is 2.15. The van der Waals surface area contributed by atoms with Crippen LogP contribution in [-0.2, 0) is 14.3 Å². The molecule has 0 fully saturated rings. The minimum atomic E-state index is -0.715. The van der Waals surface area contributed by atoms with E-state index in [0.29, 0.717) is 6.54 Å². The Morgan fingerprint density at radius 2 is 1.75 bits per heavy atom. The molecule has 1 atom stereocenters. The fourth-order valence-electron chi connectivity index (χ4n) is 1.27. The Balaban J connectivity index is 4.47. The molecule has 0 bridgehead atoms. The summed E-state index contributed by atoms with van der Waals surface area (Å²) < 4.78 is 4.63. The minimum Gasteiger partial charge on any atom is -0.468 e. The highest BCUT2D eigenvalue weighted by Gasteiger charge is 2.31. The number of carbonyl (C=O) groups is 2. The van der Waals surface area contributed by atoms with Crippen LogP contribution < -0.4 is 5.32 Å². The molecule has 0 radical (unpaired) electrons. The van der Waals surface area contributed by atoms with Crippen LogP contribution in [0.2, 0.25) is 0 Å². The monoisotopic (exact) mass is 229 g/mol. The standard InChI is InChI=1S/C12H23NO3/c1-8(2)9(11(15)16-6)10(14)13-7-12(3,4)5/h8-9H,7H2,1-6H3,(H,13,14). The highest BCUT2D eigenvalue weighted by molar-refractivity contribution is 5.98. The van der Waals surface area contributed by atoms with Crippen LogP contribution in [0.1, 0.15) is 34.6 Å². The van der Waals surface area contributed by atoms with E-state index < -0.39 is 11.9 Å². The lowest BCUT2D eigenvalue weighted by molar-refractivity contribution is -0.152. The molecule has 0 heterocycles. The maximum Gasteiger partial charge on any atom is 0.318 e. The Morgan fingerprint density at radius 3 is 2.06 bits per heavy atom. The van der Waals surface area contributed by atoms with Gasteiger partial charge in [0.15, 0.2) is 0 Å². The number of amides is 1. The molecule has 0 aromatic heterocycles. The number of hydrogen-bond donors (Lipinski definition) is 1. The van der Waals surface area contributed by atoms with Gasteiger partial charge in [-0.1, -0.05) is 34.6 Å². The van der Waals surface area contributed by atoms with Gasteiger partial charge in [0, 0.05) is 6.54 Å². The van der Waals surface area contributed by atoms with Crippen molar-refractivity contribution in [1.29, 1.82) is 0 Å². The van der Waals surface area contributed by atoms with Crippen LogP contribution in [0.5, 0.6) is 0 Å². The Morgan fingerprint density at radius 1 is 1.25 bits per heavy atom. The molecule has 0 saturated carbocycles. The lowest BCUT2D eigenvalue weighted by Gasteiger charge is -2.22. The minimum absolute atomic E-state index is 0.00725. The quantitative estimate of drug-likeness (QED) is 0.588. The summed E-state index contributed by atoms with van der Waals surface area (Å²) in [5.41, 5.74) is 0.00725. The number of carbonyl (C=O) groups excluding carboxylic acids is 2.